The van der Waals surface area contributed by atoms with Crippen LogP contribution in [0, 0.1) is 5.82 Å². The van der Waals surface area contributed by atoms with Crippen LogP contribution in [0.2, 0.25) is 0 Å². The monoisotopic (exact) mass is 434 g/mol. The second-order valence-corrected chi connectivity index (χ2v) is 9.32. The summed E-state index contributed by atoms with van der Waals surface area (Å²) in [5.41, 5.74) is 3.57. The van der Waals surface area contributed by atoms with E-state index in [0.29, 0.717) is 18.8 Å². The lowest BCUT2D eigenvalue weighted by Gasteiger charge is -2.29. The Hall–Kier alpha value is -3.36. The first kappa shape index (κ1) is 19.6. The quantitative estimate of drug-likeness (QED) is 0.520. The van der Waals surface area contributed by atoms with Crippen molar-refractivity contribution in [2.24, 2.45) is 0 Å². The highest BCUT2D eigenvalue weighted by atomic mass is 32.2. The molecule has 0 spiro atoms. The summed E-state index contributed by atoms with van der Waals surface area (Å²) in [5.74, 6) is 0.121. The predicted octanol–water partition coefficient (Wildman–Crippen LogP) is 4.26. The summed E-state index contributed by atoms with van der Waals surface area (Å²) >= 11 is 0. The van der Waals surface area contributed by atoms with Crippen LogP contribution in [0.1, 0.15) is 11.1 Å². The molecule has 3 heterocycles. The number of aromatic nitrogens is 2. The fourth-order valence-corrected chi connectivity index (χ4v) is 5.28. The van der Waals surface area contributed by atoms with Gasteiger partial charge in [0.1, 0.15) is 11.6 Å². The zero-order valence-electron chi connectivity index (χ0n) is 16.5. The minimum Gasteiger partial charge on any atom is -0.339 e. The van der Waals surface area contributed by atoms with Gasteiger partial charge in [-0.1, -0.05) is 24.3 Å². The van der Waals surface area contributed by atoms with Gasteiger partial charge in [0.25, 0.3) is 0 Å². The summed E-state index contributed by atoms with van der Waals surface area (Å²) in [5, 5.41) is 4.34. The van der Waals surface area contributed by atoms with Crippen molar-refractivity contribution in [2.75, 3.05) is 11.9 Å². The molecule has 1 aliphatic heterocycles. The summed E-state index contributed by atoms with van der Waals surface area (Å²) in [4.78, 5) is 8.90. The van der Waals surface area contributed by atoms with Gasteiger partial charge in [-0.3, -0.25) is 4.98 Å². The number of para-hydroxylation sites is 1. The number of rotatable bonds is 4. The van der Waals surface area contributed by atoms with Crippen molar-refractivity contribution in [1.29, 1.82) is 0 Å². The molecule has 0 fully saturated rings. The van der Waals surface area contributed by atoms with Crippen LogP contribution < -0.4 is 5.32 Å². The fourth-order valence-electron chi connectivity index (χ4n) is 3.83. The highest BCUT2D eigenvalue weighted by molar-refractivity contribution is 7.89. The summed E-state index contributed by atoms with van der Waals surface area (Å²) in [7, 11) is -3.78. The number of halogens is 1. The van der Waals surface area contributed by atoms with Gasteiger partial charge in [-0.05, 0) is 48.4 Å². The number of sulfonamides is 1. The maximum absolute atomic E-state index is 13.6. The number of anilines is 2. The molecule has 5 rings (SSSR count). The smallest absolute Gasteiger partial charge is 0.243 e. The van der Waals surface area contributed by atoms with Crippen molar-refractivity contribution in [3.05, 3.63) is 90.0 Å². The standard InChI is InChI=1S/C23H19FN4O2S/c24-18-5-3-6-20(13-18)31(29,30)28-11-9-21-17(15-28)8-10-25-23(21)27-19-12-16-4-1-2-7-22(16)26-14-19/h1-8,10,12-14H,9,11,15H2,(H,25,27). The summed E-state index contributed by atoms with van der Waals surface area (Å²) in [6.45, 7) is 0.504. The molecule has 2 aromatic carbocycles. The van der Waals surface area contributed by atoms with Crippen LogP contribution >= 0.6 is 0 Å². The lowest BCUT2D eigenvalue weighted by molar-refractivity contribution is 0.391. The summed E-state index contributed by atoms with van der Waals surface area (Å²) in [6.07, 6.45) is 3.92. The Balaban J connectivity index is 1.42. The van der Waals surface area contributed by atoms with Gasteiger partial charge in [0.2, 0.25) is 10.0 Å². The molecule has 0 saturated heterocycles. The lowest BCUT2D eigenvalue weighted by Crippen LogP contribution is -2.36. The van der Waals surface area contributed by atoms with Gasteiger partial charge in [-0.15, -0.1) is 0 Å². The molecule has 8 heteroatoms. The second-order valence-electron chi connectivity index (χ2n) is 7.38. The molecule has 0 saturated carbocycles. The van der Waals surface area contributed by atoms with Crippen LogP contribution in [0.25, 0.3) is 10.9 Å². The Morgan fingerprint density at radius 3 is 2.74 bits per heavy atom. The minimum atomic E-state index is -3.78. The highest BCUT2D eigenvalue weighted by Crippen LogP contribution is 2.30. The van der Waals surface area contributed by atoms with E-state index in [1.54, 1.807) is 12.4 Å². The first-order chi connectivity index (χ1) is 15.0. The molecule has 0 amide bonds. The van der Waals surface area contributed by atoms with Gasteiger partial charge in [0.15, 0.2) is 0 Å². The summed E-state index contributed by atoms with van der Waals surface area (Å²) < 4.78 is 40.9. The maximum Gasteiger partial charge on any atom is 0.243 e. The molecule has 1 aliphatic rings. The van der Waals surface area contributed by atoms with Crippen LogP contribution in [-0.2, 0) is 23.0 Å². The SMILES string of the molecule is O=S(=O)(c1cccc(F)c1)N1CCc2c(ccnc2Nc2cnc3ccccc3c2)C1. The number of nitrogens with one attached hydrogen (secondary N) is 1. The number of hydrogen-bond acceptors (Lipinski definition) is 5. The molecule has 156 valence electrons. The molecule has 0 unspecified atom stereocenters. The van der Waals surface area contributed by atoms with Gasteiger partial charge in [0, 0.05) is 30.2 Å². The minimum absolute atomic E-state index is 0.0365. The number of hydrogen-bond donors (Lipinski definition) is 1. The Kier molecular flexibility index (Phi) is 4.88. The predicted molar refractivity (Wildman–Crippen MR) is 117 cm³/mol. The normalized spacial score (nSPS) is 14.4. The van der Waals surface area contributed by atoms with Crippen LogP contribution in [0.5, 0.6) is 0 Å². The Morgan fingerprint density at radius 1 is 1.00 bits per heavy atom. The Morgan fingerprint density at radius 2 is 1.87 bits per heavy atom. The van der Waals surface area contributed by atoms with Gasteiger partial charge in [-0.2, -0.15) is 4.31 Å². The zero-order valence-corrected chi connectivity index (χ0v) is 17.3. The fraction of sp³-hybridized carbons (Fsp3) is 0.130. The first-order valence-electron chi connectivity index (χ1n) is 9.85. The third kappa shape index (κ3) is 3.75. The molecular formula is C23H19FN4O2S. The van der Waals surface area contributed by atoms with Crippen molar-refractivity contribution >= 4 is 32.4 Å². The van der Waals surface area contributed by atoms with E-state index >= 15 is 0 Å². The molecule has 31 heavy (non-hydrogen) atoms. The average molecular weight is 434 g/mol. The number of nitrogens with zero attached hydrogens (tertiary/aromatic N) is 3. The van der Waals surface area contributed by atoms with E-state index in [1.807, 2.05) is 36.4 Å². The number of fused-ring (bicyclic) bond motifs is 2. The van der Waals surface area contributed by atoms with Crippen LogP contribution in [0.15, 0.2) is 78.0 Å². The molecule has 4 aromatic rings. The van der Waals surface area contributed by atoms with E-state index in [2.05, 4.69) is 15.3 Å². The molecular weight excluding hydrogens is 415 g/mol. The van der Waals surface area contributed by atoms with Crippen LogP contribution in [0.3, 0.4) is 0 Å². The molecule has 0 atom stereocenters. The zero-order chi connectivity index (χ0) is 21.4. The van der Waals surface area contributed by atoms with Gasteiger partial charge < -0.3 is 5.32 Å². The van der Waals surface area contributed by atoms with Crippen LogP contribution in [0.4, 0.5) is 15.9 Å². The molecule has 0 bridgehead atoms. The van der Waals surface area contributed by atoms with Gasteiger partial charge >= 0.3 is 0 Å². The van der Waals surface area contributed by atoms with Crippen molar-refractivity contribution in [2.45, 2.75) is 17.9 Å². The third-order valence-corrected chi connectivity index (χ3v) is 7.24. The van der Waals surface area contributed by atoms with Gasteiger partial charge in [-0.25, -0.2) is 17.8 Å². The van der Waals surface area contributed by atoms with E-state index in [-0.39, 0.29) is 11.4 Å². The van der Waals surface area contributed by atoms with Crippen molar-refractivity contribution in [3.8, 4) is 0 Å². The van der Waals surface area contributed by atoms with E-state index in [1.165, 1.54) is 22.5 Å². The summed E-state index contributed by atoms with van der Waals surface area (Å²) in [6, 6.07) is 16.8. The molecule has 6 nitrogen and oxygen atoms in total. The Labute approximate surface area is 179 Å². The third-order valence-electron chi connectivity index (χ3n) is 5.40. The topological polar surface area (TPSA) is 75.2 Å². The largest absolute Gasteiger partial charge is 0.339 e. The second kappa shape index (κ2) is 7.72. The Bertz CT molecular complexity index is 1390. The van der Waals surface area contributed by atoms with Crippen molar-refractivity contribution in [3.63, 3.8) is 0 Å². The molecule has 1 N–H and O–H groups in total. The van der Waals surface area contributed by atoms with E-state index < -0.39 is 15.8 Å². The highest BCUT2D eigenvalue weighted by Gasteiger charge is 2.30. The maximum atomic E-state index is 13.6. The van der Waals surface area contributed by atoms with Gasteiger partial charge in [0.05, 0.1) is 22.3 Å². The van der Waals surface area contributed by atoms with E-state index in [4.69, 9.17) is 0 Å². The molecule has 0 aliphatic carbocycles. The number of pyridine rings is 2. The average Bonchev–Trinajstić information content (AvgIpc) is 2.79. The first-order valence-corrected chi connectivity index (χ1v) is 11.3. The van der Waals surface area contributed by atoms with E-state index in [0.717, 1.165) is 33.8 Å². The lowest BCUT2D eigenvalue weighted by atomic mass is 10.0. The number of benzene rings is 2. The van der Waals surface area contributed by atoms with Crippen molar-refractivity contribution < 1.29 is 12.8 Å². The molecule has 0 radical (unpaired) electrons. The van der Waals surface area contributed by atoms with Crippen LogP contribution in [-0.4, -0.2) is 29.2 Å². The molecule has 2 aromatic heterocycles. The van der Waals surface area contributed by atoms with Crippen molar-refractivity contribution in [1.82, 2.24) is 14.3 Å². The van der Waals surface area contributed by atoms with E-state index in [9.17, 15) is 12.8 Å².